The van der Waals surface area contributed by atoms with Gasteiger partial charge < -0.3 is 9.32 Å². The first-order valence-electron chi connectivity index (χ1n) is 8.14. The number of furan rings is 1. The Morgan fingerprint density at radius 2 is 2.09 bits per heavy atom. The number of unbranched alkanes of at least 4 members (excludes halogenated alkanes) is 1. The fraction of sp³-hybridized carbons (Fsp3) is 0.368. The lowest BCUT2D eigenvalue weighted by Crippen LogP contribution is -2.35. The summed E-state index contributed by atoms with van der Waals surface area (Å²) < 4.78 is 5.39. The molecule has 120 valence electrons. The number of rotatable bonds is 6. The summed E-state index contributed by atoms with van der Waals surface area (Å²) in [6.07, 6.45) is 3.85. The van der Waals surface area contributed by atoms with E-state index in [1.54, 1.807) is 6.26 Å². The van der Waals surface area contributed by atoms with Gasteiger partial charge >= 0.3 is 0 Å². The fourth-order valence-corrected chi connectivity index (χ4v) is 3.11. The van der Waals surface area contributed by atoms with Crippen LogP contribution in [0, 0.1) is 0 Å². The van der Waals surface area contributed by atoms with Gasteiger partial charge in [0.05, 0.1) is 18.7 Å². The number of ketones is 1. The third kappa shape index (κ3) is 3.21. The number of hydrogen-bond acceptors (Lipinski definition) is 3. The SMILES string of the molecule is CCCCN(Cc1ccco1)C(=O)[C@@H]1CC(=O)c2ccccc21. The monoisotopic (exact) mass is 311 g/mol. The number of hydrogen-bond donors (Lipinski definition) is 0. The molecule has 1 atom stereocenters. The van der Waals surface area contributed by atoms with Crippen molar-refractivity contribution in [3.63, 3.8) is 0 Å². The Kier molecular flexibility index (Phi) is 4.60. The van der Waals surface area contributed by atoms with E-state index in [4.69, 9.17) is 4.42 Å². The minimum Gasteiger partial charge on any atom is -0.467 e. The molecule has 2 aromatic rings. The second-order valence-corrected chi connectivity index (χ2v) is 5.96. The van der Waals surface area contributed by atoms with Gasteiger partial charge in [0.2, 0.25) is 5.91 Å². The molecule has 0 fully saturated rings. The van der Waals surface area contributed by atoms with Crippen LogP contribution in [0.25, 0.3) is 0 Å². The summed E-state index contributed by atoms with van der Waals surface area (Å²) in [5.41, 5.74) is 1.56. The molecule has 1 amide bonds. The van der Waals surface area contributed by atoms with Crippen LogP contribution in [0.3, 0.4) is 0 Å². The van der Waals surface area contributed by atoms with E-state index >= 15 is 0 Å². The maximum atomic E-state index is 13.0. The first kappa shape index (κ1) is 15.5. The van der Waals surface area contributed by atoms with Crippen LogP contribution in [0.4, 0.5) is 0 Å². The minimum atomic E-state index is -0.356. The number of Topliss-reactive ketones (excluding diaryl/α,β-unsaturated/α-hetero) is 1. The van der Waals surface area contributed by atoms with Crippen LogP contribution >= 0.6 is 0 Å². The molecule has 23 heavy (non-hydrogen) atoms. The Morgan fingerprint density at radius 3 is 2.83 bits per heavy atom. The smallest absolute Gasteiger partial charge is 0.231 e. The lowest BCUT2D eigenvalue weighted by molar-refractivity contribution is -0.133. The number of carbonyl (C=O) groups is 2. The normalized spacial score (nSPS) is 16.4. The molecule has 0 N–H and O–H groups in total. The summed E-state index contributed by atoms with van der Waals surface area (Å²) in [5.74, 6) is 0.498. The van der Waals surface area contributed by atoms with Crippen molar-refractivity contribution < 1.29 is 14.0 Å². The van der Waals surface area contributed by atoms with Gasteiger partial charge in [-0.15, -0.1) is 0 Å². The van der Waals surface area contributed by atoms with Gasteiger partial charge in [-0.2, -0.15) is 0 Å². The summed E-state index contributed by atoms with van der Waals surface area (Å²) in [6.45, 7) is 3.24. The van der Waals surface area contributed by atoms with E-state index in [1.165, 1.54) is 0 Å². The second-order valence-electron chi connectivity index (χ2n) is 5.96. The van der Waals surface area contributed by atoms with Gasteiger partial charge in [0.1, 0.15) is 5.76 Å². The van der Waals surface area contributed by atoms with Crippen molar-refractivity contribution in [2.24, 2.45) is 0 Å². The number of fused-ring (bicyclic) bond motifs is 1. The first-order valence-corrected chi connectivity index (χ1v) is 8.14. The molecule has 1 aromatic heterocycles. The van der Waals surface area contributed by atoms with Gasteiger partial charge in [-0.05, 0) is 24.1 Å². The lowest BCUT2D eigenvalue weighted by atomic mass is 9.99. The number of amides is 1. The molecule has 1 heterocycles. The van der Waals surface area contributed by atoms with Gasteiger partial charge in [0, 0.05) is 18.5 Å². The fourth-order valence-electron chi connectivity index (χ4n) is 3.11. The van der Waals surface area contributed by atoms with Crippen LogP contribution in [0.2, 0.25) is 0 Å². The van der Waals surface area contributed by atoms with E-state index in [9.17, 15) is 9.59 Å². The molecule has 0 bridgehead atoms. The highest BCUT2D eigenvalue weighted by Gasteiger charge is 2.36. The Labute approximate surface area is 136 Å². The van der Waals surface area contributed by atoms with Gasteiger partial charge in [-0.25, -0.2) is 0 Å². The molecule has 0 unspecified atom stereocenters. The highest BCUT2D eigenvalue weighted by molar-refractivity contribution is 6.06. The van der Waals surface area contributed by atoms with Gasteiger partial charge in [0.25, 0.3) is 0 Å². The molecule has 0 saturated carbocycles. The second kappa shape index (κ2) is 6.82. The maximum Gasteiger partial charge on any atom is 0.231 e. The van der Waals surface area contributed by atoms with Crippen LogP contribution in [0.1, 0.15) is 53.8 Å². The summed E-state index contributed by atoms with van der Waals surface area (Å²) in [4.78, 5) is 27.0. The highest BCUT2D eigenvalue weighted by Crippen LogP contribution is 2.34. The van der Waals surface area contributed by atoms with E-state index in [1.807, 2.05) is 41.3 Å². The summed E-state index contributed by atoms with van der Waals surface area (Å²) in [7, 11) is 0. The Hall–Kier alpha value is -2.36. The summed E-state index contributed by atoms with van der Waals surface area (Å²) in [6, 6.07) is 11.1. The lowest BCUT2D eigenvalue weighted by Gasteiger charge is -2.25. The number of benzene rings is 1. The Bertz CT molecular complexity index is 690. The average molecular weight is 311 g/mol. The summed E-state index contributed by atoms with van der Waals surface area (Å²) in [5, 5.41) is 0. The van der Waals surface area contributed by atoms with E-state index in [-0.39, 0.29) is 24.0 Å². The van der Waals surface area contributed by atoms with Crippen LogP contribution in [-0.2, 0) is 11.3 Å². The number of nitrogens with zero attached hydrogens (tertiary/aromatic N) is 1. The van der Waals surface area contributed by atoms with Crippen LogP contribution in [0.5, 0.6) is 0 Å². The Morgan fingerprint density at radius 1 is 1.26 bits per heavy atom. The average Bonchev–Trinajstić information content (AvgIpc) is 3.19. The summed E-state index contributed by atoms with van der Waals surface area (Å²) >= 11 is 0. The van der Waals surface area contributed by atoms with Crippen molar-refractivity contribution in [1.82, 2.24) is 4.90 Å². The Balaban J connectivity index is 1.82. The molecule has 0 spiro atoms. The molecular formula is C19H21NO3. The van der Waals surface area contributed by atoms with E-state index in [0.29, 0.717) is 18.7 Å². The van der Waals surface area contributed by atoms with Crippen LogP contribution < -0.4 is 0 Å². The molecule has 0 aliphatic heterocycles. The van der Waals surface area contributed by atoms with Crippen LogP contribution in [-0.4, -0.2) is 23.1 Å². The predicted octanol–water partition coefficient (Wildman–Crippen LogP) is 3.78. The zero-order valence-electron chi connectivity index (χ0n) is 13.3. The van der Waals surface area contributed by atoms with E-state index < -0.39 is 0 Å². The van der Waals surface area contributed by atoms with Gasteiger partial charge in [0.15, 0.2) is 5.78 Å². The van der Waals surface area contributed by atoms with E-state index in [2.05, 4.69) is 6.92 Å². The molecule has 0 radical (unpaired) electrons. The van der Waals surface area contributed by atoms with Crippen molar-refractivity contribution in [1.29, 1.82) is 0 Å². The van der Waals surface area contributed by atoms with Crippen molar-refractivity contribution in [3.8, 4) is 0 Å². The third-order valence-corrected chi connectivity index (χ3v) is 4.34. The zero-order chi connectivity index (χ0) is 16.2. The molecule has 1 aromatic carbocycles. The molecular weight excluding hydrogens is 290 g/mol. The maximum absolute atomic E-state index is 13.0. The quantitative estimate of drug-likeness (QED) is 0.816. The van der Waals surface area contributed by atoms with Crippen molar-refractivity contribution in [2.45, 2.75) is 38.6 Å². The van der Waals surface area contributed by atoms with E-state index in [0.717, 1.165) is 24.2 Å². The molecule has 4 heteroatoms. The van der Waals surface area contributed by atoms with Gasteiger partial charge in [-0.1, -0.05) is 37.6 Å². The molecule has 1 aliphatic rings. The standard InChI is InChI=1S/C19H21NO3/c1-2-3-10-20(13-14-7-6-11-23-14)19(22)17-12-18(21)16-9-5-4-8-15(16)17/h4-9,11,17H,2-3,10,12-13H2,1H3/t17-/m1/s1. The highest BCUT2D eigenvalue weighted by atomic mass is 16.3. The molecule has 4 nitrogen and oxygen atoms in total. The first-order chi connectivity index (χ1) is 11.2. The predicted molar refractivity (Wildman–Crippen MR) is 87.2 cm³/mol. The zero-order valence-corrected chi connectivity index (χ0v) is 13.3. The van der Waals surface area contributed by atoms with Crippen LogP contribution in [0.15, 0.2) is 47.1 Å². The largest absolute Gasteiger partial charge is 0.467 e. The molecule has 1 aliphatic carbocycles. The number of carbonyl (C=O) groups excluding carboxylic acids is 2. The molecule has 0 saturated heterocycles. The minimum absolute atomic E-state index is 0.0214. The topological polar surface area (TPSA) is 50.5 Å². The molecule has 3 rings (SSSR count). The van der Waals surface area contributed by atoms with Gasteiger partial charge in [-0.3, -0.25) is 9.59 Å². The van der Waals surface area contributed by atoms with Crippen molar-refractivity contribution in [3.05, 3.63) is 59.5 Å². The van der Waals surface area contributed by atoms with Crippen molar-refractivity contribution in [2.75, 3.05) is 6.54 Å². The van der Waals surface area contributed by atoms with Crippen molar-refractivity contribution >= 4 is 11.7 Å². The third-order valence-electron chi connectivity index (χ3n) is 4.34.